The van der Waals surface area contributed by atoms with E-state index in [1.165, 1.54) is 0 Å². The lowest BCUT2D eigenvalue weighted by atomic mass is 9.83. The number of carbonyl (C=O) groups excluding carboxylic acids is 1. The number of halogens is 1. The number of hydrogen-bond donors (Lipinski definition) is 1. The summed E-state index contributed by atoms with van der Waals surface area (Å²) in [5.74, 6) is 0.427. The number of hydrogen-bond acceptors (Lipinski definition) is 1. The van der Waals surface area contributed by atoms with Crippen LogP contribution in [-0.4, -0.2) is 17.3 Å². The lowest BCUT2D eigenvalue weighted by Crippen LogP contribution is -2.38. The maximum Gasteiger partial charge on any atom is 0.251 e. The molecule has 2 nitrogen and oxygen atoms in total. The fourth-order valence-electron chi connectivity index (χ4n) is 1.90. The first-order valence-electron chi connectivity index (χ1n) is 6.73. The van der Waals surface area contributed by atoms with Gasteiger partial charge < -0.3 is 5.32 Å². The van der Waals surface area contributed by atoms with Crippen LogP contribution < -0.4 is 5.32 Å². The minimum Gasteiger partial charge on any atom is -0.349 e. The van der Waals surface area contributed by atoms with Crippen LogP contribution in [-0.2, 0) is 5.41 Å². The van der Waals surface area contributed by atoms with Gasteiger partial charge in [0.1, 0.15) is 0 Å². The predicted molar refractivity (Wildman–Crippen MR) is 85.0 cm³/mol. The van der Waals surface area contributed by atoms with Crippen LogP contribution in [0, 0.1) is 5.92 Å². The van der Waals surface area contributed by atoms with Crippen molar-refractivity contribution in [2.24, 2.45) is 5.92 Å². The van der Waals surface area contributed by atoms with E-state index in [-0.39, 0.29) is 17.4 Å². The summed E-state index contributed by atoms with van der Waals surface area (Å²) in [6.45, 7) is 10.6. The highest BCUT2D eigenvalue weighted by molar-refractivity contribution is 9.09. The Labute approximate surface area is 125 Å². The zero-order valence-electron chi connectivity index (χ0n) is 12.5. The van der Waals surface area contributed by atoms with Crippen LogP contribution in [0.2, 0.25) is 0 Å². The second kappa shape index (κ2) is 6.56. The average Bonchev–Trinajstić information content (AvgIpc) is 2.36. The topological polar surface area (TPSA) is 29.1 Å². The molecular weight excluding hydrogens is 302 g/mol. The monoisotopic (exact) mass is 325 g/mol. The predicted octanol–water partition coefficient (Wildman–Crippen LogP) is 4.13. The van der Waals surface area contributed by atoms with Crippen molar-refractivity contribution in [1.29, 1.82) is 0 Å². The van der Waals surface area contributed by atoms with E-state index in [1.807, 2.05) is 31.2 Å². The fraction of sp³-hybridized carbons (Fsp3) is 0.562. The zero-order chi connectivity index (χ0) is 14.6. The Kier molecular flexibility index (Phi) is 5.60. The largest absolute Gasteiger partial charge is 0.349 e. The van der Waals surface area contributed by atoms with Gasteiger partial charge in [-0.05, 0) is 29.9 Å². The minimum atomic E-state index is -0.0296. The van der Waals surface area contributed by atoms with Crippen molar-refractivity contribution >= 4 is 21.8 Å². The lowest BCUT2D eigenvalue weighted by Gasteiger charge is -2.24. The standard InChI is InChI=1S/C16H24BrNO/c1-11(10-17)12(2)18-15(19)13-8-6-7-9-14(13)16(3,4)5/h6-9,11-12H,10H2,1-5H3,(H,18,19). The number of rotatable bonds is 4. The lowest BCUT2D eigenvalue weighted by molar-refractivity contribution is 0.0929. The molecule has 1 aromatic rings. The van der Waals surface area contributed by atoms with Crippen LogP contribution in [0.5, 0.6) is 0 Å². The van der Waals surface area contributed by atoms with Crippen LogP contribution in [0.15, 0.2) is 24.3 Å². The van der Waals surface area contributed by atoms with Gasteiger partial charge in [-0.25, -0.2) is 0 Å². The van der Waals surface area contributed by atoms with E-state index in [1.54, 1.807) is 0 Å². The van der Waals surface area contributed by atoms with Gasteiger partial charge in [0.25, 0.3) is 5.91 Å². The molecule has 0 heterocycles. The van der Waals surface area contributed by atoms with Crippen LogP contribution in [0.1, 0.15) is 50.5 Å². The van der Waals surface area contributed by atoms with E-state index < -0.39 is 0 Å². The number of benzene rings is 1. The zero-order valence-corrected chi connectivity index (χ0v) is 14.0. The molecule has 2 atom stereocenters. The van der Waals surface area contributed by atoms with Crippen LogP contribution in [0.4, 0.5) is 0 Å². The smallest absolute Gasteiger partial charge is 0.251 e. The summed E-state index contributed by atoms with van der Waals surface area (Å²) < 4.78 is 0. The van der Waals surface area contributed by atoms with Crippen molar-refractivity contribution in [3.05, 3.63) is 35.4 Å². The SMILES string of the molecule is CC(CBr)C(C)NC(=O)c1ccccc1C(C)(C)C. The first-order chi connectivity index (χ1) is 8.77. The highest BCUT2D eigenvalue weighted by Crippen LogP contribution is 2.25. The van der Waals surface area contributed by atoms with Gasteiger partial charge >= 0.3 is 0 Å². The van der Waals surface area contributed by atoms with Crippen molar-refractivity contribution in [2.45, 2.75) is 46.1 Å². The third kappa shape index (κ3) is 4.34. The maximum absolute atomic E-state index is 12.4. The molecule has 1 rings (SSSR count). The molecule has 1 aromatic carbocycles. The van der Waals surface area contributed by atoms with Crippen molar-refractivity contribution < 1.29 is 4.79 Å². The van der Waals surface area contributed by atoms with E-state index in [4.69, 9.17) is 0 Å². The molecule has 0 aliphatic heterocycles. The Morgan fingerprint density at radius 3 is 2.37 bits per heavy atom. The van der Waals surface area contributed by atoms with Crippen LogP contribution in [0.25, 0.3) is 0 Å². The Bertz CT molecular complexity index is 437. The summed E-state index contributed by atoms with van der Waals surface area (Å²) >= 11 is 3.46. The van der Waals surface area contributed by atoms with Gasteiger partial charge in [-0.3, -0.25) is 4.79 Å². The van der Waals surface area contributed by atoms with Gasteiger partial charge in [0.15, 0.2) is 0 Å². The normalized spacial score (nSPS) is 14.8. The van der Waals surface area contributed by atoms with Crippen molar-refractivity contribution in [2.75, 3.05) is 5.33 Å². The summed E-state index contributed by atoms with van der Waals surface area (Å²) in [5, 5.41) is 3.97. The molecule has 1 amide bonds. The molecule has 0 aliphatic carbocycles. The Morgan fingerprint density at radius 1 is 1.26 bits per heavy atom. The summed E-state index contributed by atoms with van der Waals surface area (Å²) in [5.41, 5.74) is 1.84. The summed E-state index contributed by atoms with van der Waals surface area (Å²) in [4.78, 5) is 12.4. The molecule has 0 saturated carbocycles. The van der Waals surface area contributed by atoms with Gasteiger partial charge in [0, 0.05) is 16.9 Å². The Morgan fingerprint density at radius 2 is 1.84 bits per heavy atom. The molecule has 106 valence electrons. The molecule has 0 spiro atoms. The fourth-order valence-corrected chi connectivity index (χ4v) is 2.46. The summed E-state index contributed by atoms with van der Waals surface area (Å²) in [6.07, 6.45) is 0. The maximum atomic E-state index is 12.4. The van der Waals surface area contributed by atoms with Crippen LogP contribution >= 0.6 is 15.9 Å². The number of nitrogens with one attached hydrogen (secondary N) is 1. The minimum absolute atomic E-state index is 0.0193. The second-order valence-corrected chi connectivity index (χ2v) is 6.84. The number of carbonyl (C=O) groups is 1. The van der Waals surface area contributed by atoms with E-state index in [0.717, 1.165) is 16.5 Å². The molecular formula is C16H24BrNO. The molecule has 0 aliphatic rings. The molecule has 19 heavy (non-hydrogen) atoms. The highest BCUT2D eigenvalue weighted by atomic mass is 79.9. The molecule has 0 saturated heterocycles. The quantitative estimate of drug-likeness (QED) is 0.828. The van der Waals surface area contributed by atoms with Gasteiger partial charge in [-0.2, -0.15) is 0 Å². The molecule has 3 heteroatoms. The van der Waals surface area contributed by atoms with Gasteiger partial charge in [-0.1, -0.05) is 61.8 Å². The third-order valence-electron chi connectivity index (χ3n) is 3.44. The van der Waals surface area contributed by atoms with Crippen molar-refractivity contribution in [3.63, 3.8) is 0 Å². The molecule has 0 fully saturated rings. The van der Waals surface area contributed by atoms with Crippen LogP contribution in [0.3, 0.4) is 0 Å². The van der Waals surface area contributed by atoms with E-state index >= 15 is 0 Å². The number of alkyl halides is 1. The van der Waals surface area contributed by atoms with Gasteiger partial charge in [0.05, 0.1) is 0 Å². The number of amides is 1. The van der Waals surface area contributed by atoms with Gasteiger partial charge in [-0.15, -0.1) is 0 Å². The first-order valence-corrected chi connectivity index (χ1v) is 7.86. The van der Waals surface area contributed by atoms with Crippen molar-refractivity contribution in [1.82, 2.24) is 5.32 Å². The molecule has 0 radical (unpaired) electrons. The van der Waals surface area contributed by atoms with Gasteiger partial charge in [0.2, 0.25) is 0 Å². The summed E-state index contributed by atoms with van der Waals surface area (Å²) in [7, 11) is 0. The van der Waals surface area contributed by atoms with E-state index in [0.29, 0.717) is 5.92 Å². The van der Waals surface area contributed by atoms with E-state index in [2.05, 4.69) is 48.9 Å². The van der Waals surface area contributed by atoms with E-state index in [9.17, 15) is 4.79 Å². The molecule has 2 unspecified atom stereocenters. The van der Waals surface area contributed by atoms with Crippen molar-refractivity contribution in [3.8, 4) is 0 Å². The molecule has 0 bridgehead atoms. The average molecular weight is 326 g/mol. The molecule has 0 aromatic heterocycles. The summed E-state index contributed by atoms with van der Waals surface area (Å²) in [6, 6.07) is 8.00. The third-order valence-corrected chi connectivity index (χ3v) is 4.46. The molecule has 1 N–H and O–H groups in total. The highest BCUT2D eigenvalue weighted by Gasteiger charge is 2.22. The second-order valence-electron chi connectivity index (χ2n) is 6.19. The first kappa shape index (κ1) is 16.2. The Hall–Kier alpha value is -0.830. The Balaban J connectivity index is 2.95.